The molecule has 1 unspecified atom stereocenters. The summed E-state index contributed by atoms with van der Waals surface area (Å²) < 4.78 is 13.6. The van der Waals surface area contributed by atoms with E-state index in [4.69, 9.17) is 0 Å². The summed E-state index contributed by atoms with van der Waals surface area (Å²) in [6.07, 6.45) is -0.0365. The van der Waals surface area contributed by atoms with E-state index in [1.807, 2.05) is 0 Å². The molecule has 1 aromatic heterocycles. The summed E-state index contributed by atoms with van der Waals surface area (Å²) in [6.45, 7) is -0.0716. The van der Waals surface area contributed by atoms with Crippen LogP contribution < -0.4 is 11.2 Å². The van der Waals surface area contributed by atoms with Crippen LogP contribution in [-0.4, -0.2) is 26.1 Å². The maximum Gasteiger partial charge on any atom is 0.328 e. The monoisotopic (exact) mass is 266 g/mol. The molecular formula is C7H8BrFN2O3. The summed E-state index contributed by atoms with van der Waals surface area (Å²) in [6, 6.07) is 0. The average molecular weight is 267 g/mol. The standard InChI is InChI=1S/C7H8BrFN2O3/c8-1-4(12)2-11-3-5(9)6(13)10-7(11)14/h3-4,12H,1-2H2,(H,10,13,14). The molecule has 0 fully saturated rings. The first kappa shape index (κ1) is 11.1. The van der Waals surface area contributed by atoms with Gasteiger partial charge < -0.3 is 5.11 Å². The highest BCUT2D eigenvalue weighted by atomic mass is 79.9. The minimum Gasteiger partial charge on any atom is -0.390 e. The number of halogens is 2. The van der Waals surface area contributed by atoms with Crippen molar-refractivity contribution in [2.24, 2.45) is 0 Å². The second kappa shape index (κ2) is 4.52. The average Bonchev–Trinajstić information content (AvgIpc) is 2.14. The number of alkyl halides is 1. The van der Waals surface area contributed by atoms with Gasteiger partial charge in [-0.1, -0.05) is 15.9 Å². The minimum atomic E-state index is -1.06. The fraction of sp³-hybridized carbons (Fsp3) is 0.429. The second-order valence-corrected chi connectivity index (χ2v) is 3.34. The molecule has 0 radical (unpaired) electrons. The van der Waals surface area contributed by atoms with Gasteiger partial charge in [-0.05, 0) is 0 Å². The summed E-state index contributed by atoms with van der Waals surface area (Å²) >= 11 is 3.00. The molecule has 14 heavy (non-hydrogen) atoms. The lowest BCUT2D eigenvalue weighted by Gasteiger charge is -2.08. The molecule has 0 aliphatic heterocycles. The lowest BCUT2D eigenvalue weighted by Crippen LogP contribution is -2.34. The van der Waals surface area contributed by atoms with Crippen LogP contribution >= 0.6 is 15.9 Å². The zero-order chi connectivity index (χ0) is 10.7. The summed E-state index contributed by atoms with van der Waals surface area (Å²) in [5.74, 6) is -1.05. The molecule has 0 amide bonds. The molecule has 1 aromatic rings. The Morgan fingerprint density at radius 1 is 1.64 bits per heavy atom. The van der Waals surface area contributed by atoms with E-state index in [0.29, 0.717) is 0 Å². The van der Waals surface area contributed by atoms with Crippen molar-refractivity contribution in [1.82, 2.24) is 9.55 Å². The van der Waals surface area contributed by atoms with Crippen molar-refractivity contribution in [1.29, 1.82) is 0 Å². The van der Waals surface area contributed by atoms with Gasteiger partial charge in [0.05, 0.1) is 18.8 Å². The van der Waals surface area contributed by atoms with Crippen molar-refractivity contribution in [3.8, 4) is 0 Å². The van der Waals surface area contributed by atoms with Gasteiger partial charge >= 0.3 is 5.69 Å². The van der Waals surface area contributed by atoms with E-state index in [1.54, 1.807) is 4.98 Å². The van der Waals surface area contributed by atoms with Gasteiger partial charge in [0.15, 0.2) is 0 Å². The third-order valence-electron chi connectivity index (χ3n) is 1.55. The maximum absolute atomic E-state index is 12.7. The van der Waals surface area contributed by atoms with E-state index in [9.17, 15) is 19.1 Å². The zero-order valence-corrected chi connectivity index (χ0v) is 8.62. The second-order valence-electron chi connectivity index (χ2n) is 2.70. The molecule has 0 saturated carbocycles. The number of rotatable bonds is 3. The molecule has 0 aliphatic rings. The van der Waals surface area contributed by atoms with Crippen LogP contribution in [-0.2, 0) is 6.54 Å². The van der Waals surface area contributed by atoms with Gasteiger partial charge in [-0.2, -0.15) is 4.39 Å². The van der Waals surface area contributed by atoms with E-state index in [2.05, 4.69) is 15.9 Å². The van der Waals surface area contributed by atoms with Crippen molar-refractivity contribution in [2.45, 2.75) is 12.6 Å². The van der Waals surface area contributed by atoms with E-state index in [1.165, 1.54) is 0 Å². The molecule has 5 nitrogen and oxygen atoms in total. The molecule has 7 heteroatoms. The lowest BCUT2D eigenvalue weighted by molar-refractivity contribution is 0.176. The van der Waals surface area contributed by atoms with E-state index >= 15 is 0 Å². The summed E-state index contributed by atoms with van der Waals surface area (Å²) in [5.41, 5.74) is -1.80. The van der Waals surface area contributed by atoms with Crippen molar-refractivity contribution in [3.05, 3.63) is 32.9 Å². The zero-order valence-electron chi connectivity index (χ0n) is 7.04. The molecule has 0 aromatic carbocycles. The molecule has 78 valence electrons. The highest BCUT2D eigenvalue weighted by molar-refractivity contribution is 9.09. The molecule has 0 saturated heterocycles. The third-order valence-corrected chi connectivity index (χ3v) is 2.30. The molecule has 1 rings (SSSR count). The van der Waals surface area contributed by atoms with Crippen LogP contribution in [0.5, 0.6) is 0 Å². The Morgan fingerprint density at radius 3 is 2.86 bits per heavy atom. The lowest BCUT2D eigenvalue weighted by atomic mass is 10.4. The largest absolute Gasteiger partial charge is 0.390 e. The summed E-state index contributed by atoms with van der Waals surface area (Å²) in [7, 11) is 0. The van der Waals surface area contributed by atoms with Gasteiger partial charge in [0.25, 0.3) is 5.56 Å². The predicted molar refractivity (Wildman–Crippen MR) is 51.1 cm³/mol. The molecule has 0 aliphatic carbocycles. The molecule has 0 spiro atoms. The number of nitrogens with zero attached hydrogens (tertiary/aromatic N) is 1. The Bertz CT molecular complexity index is 428. The highest BCUT2D eigenvalue weighted by Gasteiger charge is 2.07. The number of aliphatic hydroxyl groups excluding tert-OH is 1. The molecule has 2 N–H and O–H groups in total. The van der Waals surface area contributed by atoms with Crippen LogP contribution in [0, 0.1) is 5.82 Å². The fourth-order valence-corrected chi connectivity index (χ4v) is 1.10. The van der Waals surface area contributed by atoms with Gasteiger partial charge in [0.2, 0.25) is 5.82 Å². The Morgan fingerprint density at radius 2 is 2.29 bits per heavy atom. The van der Waals surface area contributed by atoms with Crippen molar-refractivity contribution < 1.29 is 9.50 Å². The van der Waals surface area contributed by atoms with E-state index in [0.717, 1.165) is 10.8 Å². The first-order valence-electron chi connectivity index (χ1n) is 3.78. The van der Waals surface area contributed by atoms with Crippen LogP contribution in [0.4, 0.5) is 4.39 Å². The van der Waals surface area contributed by atoms with Gasteiger partial charge in [-0.25, -0.2) is 4.79 Å². The van der Waals surface area contributed by atoms with Crippen LogP contribution in [0.3, 0.4) is 0 Å². The Kier molecular flexibility index (Phi) is 3.59. The van der Waals surface area contributed by atoms with Gasteiger partial charge in [0, 0.05) is 5.33 Å². The predicted octanol–water partition coefficient (Wildman–Crippen LogP) is -0.568. The number of H-pyrrole nitrogens is 1. The molecular weight excluding hydrogens is 259 g/mol. The minimum absolute atomic E-state index is 0.0716. The maximum atomic E-state index is 12.7. The molecule has 0 bridgehead atoms. The molecule has 1 heterocycles. The van der Waals surface area contributed by atoms with Crippen LogP contribution in [0.2, 0.25) is 0 Å². The number of aliphatic hydroxyl groups is 1. The summed E-state index contributed by atoms with van der Waals surface area (Å²) in [4.78, 5) is 23.5. The van der Waals surface area contributed by atoms with Crippen LogP contribution in [0.25, 0.3) is 0 Å². The summed E-state index contributed by atoms with van der Waals surface area (Å²) in [5, 5.41) is 9.44. The van der Waals surface area contributed by atoms with Gasteiger partial charge in [-0.3, -0.25) is 14.3 Å². The number of hydrogen-bond acceptors (Lipinski definition) is 3. The van der Waals surface area contributed by atoms with E-state index in [-0.39, 0.29) is 11.9 Å². The first-order chi connectivity index (χ1) is 6.54. The number of hydrogen-bond donors (Lipinski definition) is 2. The SMILES string of the molecule is O=c1[nH]c(=O)n(CC(O)CBr)cc1F. The topological polar surface area (TPSA) is 75.1 Å². The Hall–Kier alpha value is -0.950. The number of aromatic amines is 1. The van der Waals surface area contributed by atoms with E-state index < -0.39 is 23.2 Å². The third kappa shape index (κ3) is 2.52. The molecule has 1 atom stereocenters. The van der Waals surface area contributed by atoms with Crippen LogP contribution in [0.15, 0.2) is 15.8 Å². The normalized spacial score (nSPS) is 12.8. The van der Waals surface area contributed by atoms with Gasteiger partial charge in [-0.15, -0.1) is 0 Å². The van der Waals surface area contributed by atoms with Crippen molar-refractivity contribution >= 4 is 15.9 Å². The Balaban J connectivity index is 3.04. The number of aromatic nitrogens is 2. The highest BCUT2D eigenvalue weighted by Crippen LogP contribution is 1.93. The fourth-order valence-electron chi connectivity index (χ4n) is 0.894. The van der Waals surface area contributed by atoms with Crippen LogP contribution in [0.1, 0.15) is 0 Å². The van der Waals surface area contributed by atoms with Gasteiger partial charge in [0.1, 0.15) is 0 Å². The number of nitrogens with one attached hydrogen (secondary N) is 1. The quantitative estimate of drug-likeness (QED) is 0.720. The Labute approximate surface area is 86.3 Å². The van der Waals surface area contributed by atoms with Crippen molar-refractivity contribution in [3.63, 3.8) is 0 Å². The first-order valence-corrected chi connectivity index (χ1v) is 4.90. The smallest absolute Gasteiger partial charge is 0.328 e. The van der Waals surface area contributed by atoms with Crippen molar-refractivity contribution in [2.75, 3.05) is 5.33 Å².